The van der Waals surface area contributed by atoms with Gasteiger partial charge in [0.15, 0.2) is 0 Å². The lowest BCUT2D eigenvalue weighted by atomic mass is 10.3. The molecule has 1 aromatic rings. The third kappa shape index (κ3) is 5.44. The van der Waals surface area contributed by atoms with E-state index in [0.29, 0.717) is 29.0 Å². The predicted octanol–water partition coefficient (Wildman–Crippen LogP) is 1.99. The standard InChI is InChI=1S/C12H20BrN3O2S/c1-3-4-7-16-12(17)11(13)10(9-15-16)14-6-5-8-19(2)18/h9,14H,3-8H2,1-2H3. The molecule has 0 saturated heterocycles. The Bertz CT molecular complexity index is 490. The van der Waals surface area contributed by atoms with E-state index >= 15 is 0 Å². The van der Waals surface area contributed by atoms with Gasteiger partial charge in [0.2, 0.25) is 0 Å². The van der Waals surface area contributed by atoms with E-state index in [2.05, 4.69) is 33.3 Å². The smallest absolute Gasteiger partial charge is 0.283 e. The fourth-order valence-corrected chi connectivity index (χ4v) is 2.55. The summed E-state index contributed by atoms with van der Waals surface area (Å²) in [6.07, 6.45) is 6.11. The molecule has 0 radical (unpaired) electrons. The Kier molecular flexibility index (Phi) is 7.30. The molecule has 0 aliphatic rings. The molecule has 108 valence electrons. The maximum atomic E-state index is 12.0. The van der Waals surface area contributed by atoms with Crippen LogP contribution in [0.4, 0.5) is 5.69 Å². The predicted molar refractivity (Wildman–Crippen MR) is 83.1 cm³/mol. The summed E-state index contributed by atoms with van der Waals surface area (Å²) in [5, 5.41) is 7.28. The zero-order valence-corrected chi connectivity index (χ0v) is 13.7. The molecule has 0 amide bonds. The van der Waals surface area contributed by atoms with Crippen molar-refractivity contribution in [1.82, 2.24) is 9.78 Å². The van der Waals surface area contributed by atoms with Crippen LogP contribution in [0.3, 0.4) is 0 Å². The number of hydrogen-bond donors (Lipinski definition) is 1. The van der Waals surface area contributed by atoms with Crippen LogP contribution in [0.15, 0.2) is 15.5 Å². The van der Waals surface area contributed by atoms with Crippen molar-refractivity contribution in [1.29, 1.82) is 0 Å². The van der Waals surface area contributed by atoms with Crippen LogP contribution in [0.5, 0.6) is 0 Å². The lowest BCUT2D eigenvalue weighted by Gasteiger charge is -2.09. The topological polar surface area (TPSA) is 64.0 Å². The van der Waals surface area contributed by atoms with Gasteiger partial charge >= 0.3 is 0 Å². The molecule has 19 heavy (non-hydrogen) atoms. The van der Waals surface area contributed by atoms with Gasteiger partial charge < -0.3 is 5.32 Å². The van der Waals surface area contributed by atoms with E-state index in [-0.39, 0.29) is 5.56 Å². The van der Waals surface area contributed by atoms with Crippen molar-refractivity contribution in [2.75, 3.05) is 23.9 Å². The van der Waals surface area contributed by atoms with Gasteiger partial charge in [0, 0.05) is 35.9 Å². The van der Waals surface area contributed by atoms with Gasteiger partial charge in [-0.1, -0.05) is 13.3 Å². The highest BCUT2D eigenvalue weighted by Crippen LogP contribution is 2.16. The summed E-state index contributed by atoms with van der Waals surface area (Å²) in [4.78, 5) is 12.0. The minimum atomic E-state index is -0.774. The first-order chi connectivity index (χ1) is 9.06. The van der Waals surface area contributed by atoms with E-state index in [1.807, 2.05) is 0 Å². The van der Waals surface area contributed by atoms with Gasteiger partial charge in [-0.05, 0) is 28.8 Å². The molecule has 1 aromatic heterocycles. The minimum absolute atomic E-state index is 0.113. The molecule has 1 unspecified atom stereocenters. The molecular formula is C12H20BrN3O2S. The second-order valence-electron chi connectivity index (χ2n) is 4.31. The first-order valence-corrected chi connectivity index (χ1v) is 8.87. The first kappa shape index (κ1) is 16.4. The van der Waals surface area contributed by atoms with Crippen molar-refractivity contribution in [3.05, 3.63) is 21.0 Å². The highest BCUT2D eigenvalue weighted by atomic mass is 79.9. The second kappa shape index (κ2) is 8.47. The number of aromatic nitrogens is 2. The molecular weight excluding hydrogens is 330 g/mol. The van der Waals surface area contributed by atoms with Gasteiger partial charge in [-0.15, -0.1) is 0 Å². The maximum absolute atomic E-state index is 12.0. The molecule has 0 aliphatic heterocycles. The van der Waals surface area contributed by atoms with Gasteiger partial charge in [-0.2, -0.15) is 5.10 Å². The SMILES string of the molecule is CCCCn1ncc(NCCCS(C)=O)c(Br)c1=O. The van der Waals surface area contributed by atoms with Crippen LogP contribution >= 0.6 is 15.9 Å². The summed E-state index contributed by atoms with van der Waals surface area (Å²) < 4.78 is 12.9. The van der Waals surface area contributed by atoms with E-state index in [1.165, 1.54) is 4.68 Å². The van der Waals surface area contributed by atoms with Gasteiger partial charge in [0.1, 0.15) is 4.47 Å². The zero-order chi connectivity index (χ0) is 14.3. The van der Waals surface area contributed by atoms with Crippen LogP contribution in [-0.4, -0.2) is 32.5 Å². The number of halogens is 1. The number of rotatable bonds is 8. The van der Waals surface area contributed by atoms with Gasteiger partial charge in [-0.3, -0.25) is 9.00 Å². The Labute approximate surface area is 124 Å². The van der Waals surface area contributed by atoms with Crippen LogP contribution in [0.1, 0.15) is 26.2 Å². The Balaban J connectivity index is 2.63. The van der Waals surface area contributed by atoms with E-state index < -0.39 is 10.8 Å². The number of aryl methyl sites for hydroxylation is 1. The second-order valence-corrected chi connectivity index (χ2v) is 6.66. The molecule has 0 bridgehead atoms. The van der Waals surface area contributed by atoms with Gasteiger partial charge in [-0.25, -0.2) is 4.68 Å². The lowest BCUT2D eigenvalue weighted by molar-refractivity contribution is 0.541. The number of anilines is 1. The Morgan fingerprint density at radius 2 is 2.21 bits per heavy atom. The summed E-state index contributed by atoms with van der Waals surface area (Å²) in [7, 11) is -0.774. The third-order valence-corrected chi connectivity index (χ3v) is 4.26. The highest BCUT2D eigenvalue weighted by molar-refractivity contribution is 9.10. The molecule has 1 atom stereocenters. The average Bonchev–Trinajstić information content (AvgIpc) is 2.38. The maximum Gasteiger partial charge on any atom is 0.283 e. The van der Waals surface area contributed by atoms with Crippen LogP contribution in [0.2, 0.25) is 0 Å². The lowest BCUT2D eigenvalue weighted by Crippen LogP contribution is -2.24. The van der Waals surface area contributed by atoms with E-state index in [1.54, 1.807) is 12.5 Å². The van der Waals surface area contributed by atoms with E-state index in [0.717, 1.165) is 19.3 Å². The Hall–Kier alpha value is -0.690. The first-order valence-electron chi connectivity index (χ1n) is 6.35. The van der Waals surface area contributed by atoms with Crippen molar-refractivity contribution in [2.24, 2.45) is 0 Å². The molecule has 5 nitrogen and oxygen atoms in total. The minimum Gasteiger partial charge on any atom is -0.383 e. The largest absolute Gasteiger partial charge is 0.383 e. The Morgan fingerprint density at radius 1 is 1.47 bits per heavy atom. The van der Waals surface area contributed by atoms with Gasteiger partial charge in [0.05, 0.1) is 11.9 Å². The summed E-state index contributed by atoms with van der Waals surface area (Å²) in [5.74, 6) is 0.658. The summed E-state index contributed by atoms with van der Waals surface area (Å²) in [5.41, 5.74) is 0.581. The molecule has 1 heterocycles. The molecule has 0 saturated carbocycles. The van der Waals surface area contributed by atoms with Gasteiger partial charge in [0.25, 0.3) is 5.56 Å². The van der Waals surface area contributed by atoms with E-state index in [9.17, 15) is 9.00 Å². The number of hydrogen-bond acceptors (Lipinski definition) is 4. The molecule has 1 rings (SSSR count). The highest BCUT2D eigenvalue weighted by Gasteiger charge is 2.08. The van der Waals surface area contributed by atoms with Crippen molar-refractivity contribution in [3.8, 4) is 0 Å². The summed E-state index contributed by atoms with van der Waals surface area (Å²) >= 11 is 3.31. The molecule has 1 N–H and O–H groups in total. The quantitative estimate of drug-likeness (QED) is 0.729. The van der Waals surface area contributed by atoms with Crippen molar-refractivity contribution >= 4 is 32.4 Å². The fraction of sp³-hybridized carbons (Fsp3) is 0.667. The Morgan fingerprint density at radius 3 is 2.84 bits per heavy atom. The number of nitrogens with one attached hydrogen (secondary N) is 1. The van der Waals surface area contributed by atoms with Crippen molar-refractivity contribution in [3.63, 3.8) is 0 Å². The molecule has 0 aromatic carbocycles. The summed E-state index contributed by atoms with van der Waals surface area (Å²) in [6, 6.07) is 0. The van der Waals surface area contributed by atoms with E-state index in [4.69, 9.17) is 0 Å². The normalized spacial score (nSPS) is 12.4. The third-order valence-electron chi connectivity index (χ3n) is 2.63. The zero-order valence-electron chi connectivity index (χ0n) is 11.3. The van der Waals surface area contributed by atoms with Crippen LogP contribution in [-0.2, 0) is 17.3 Å². The average molecular weight is 350 g/mol. The van der Waals surface area contributed by atoms with Crippen LogP contribution in [0, 0.1) is 0 Å². The van der Waals surface area contributed by atoms with Crippen molar-refractivity contribution < 1.29 is 4.21 Å². The van der Waals surface area contributed by atoms with Crippen LogP contribution in [0.25, 0.3) is 0 Å². The molecule has 7 heteroatoms. The number of unbranched alkanes of at least 4 members (excludes halogenated alkanes) is 1. The summed E-state index contributed by atoms with van der Waals surface area (Å²) in [6.45, 7) is 3.40. The molecule has 0 fully saturated rings. The monoisotopic (exact) mass is 349 g/mol. The fourth-order valence-electron chi connectivity index (χ4n) is 1.55. The molecule has 0 aliphatic carbocycles. The molecule has 0 spiro atoms. The van der Waals surface area contributed by atoms with Crippen LogP contribution < -0.4 is 10.9 Å². The van der Waals surface area contributed by atoms with Crippen molar-refractivity contribution in [2.45, 2.75) is 32.7 Å². The number of nitrogens with zero attached hydrogens (tertiary/aromatic N) is 2.